The molecule has 2 aliphatic heterocycles. The maximum atomic E-state index is 14.2. The molecule has 144 valence electrons. The first kappa shape index (κ1) is 18.4. The van der Waals surface area contributed by atoms with E-state index in [1.807, 2.05) is 18.2 Å². The highest BCUT2D eigenvalue weighted by Gasteiger charge is 2.47. The highest BCUT2D eigenvalue weighted by molar-refractivity contribution is 5.41. The van der Waals surface area contributed by atoms with E-state index in [4.69, 9.17) is 4.74 Å². The highest BCUT2D eigenvalue weighted by atomic mass is 19.1. The van der Waals surface area contributed by atoms with Crippen LogP contribution in [0.4, 0.5) is 8.78 Å². The molecule has 2 aromatic rings. The highest BCUT2D eigenvalue weighted by Crippen LogP contribution is 2.47. The Balaban J connectivity index is 1.65. The molecule has 2 bridgehead atoms. The van der Waals surface area contributed by atoms with Gasteiger partial charge < -0.3 is 9.84 Å². The van der Waals surface area contributed by atoms with Crippen molar-refractivity contribution >= 4 is 0 Å². The monoisotopic (exact) mass is 373 g/mol. The summed E-state index contributed by atoms with van der Waals surface area (Å²) in [4.78, 5) is 2.45. The largest absolute Gasteiger partial charge is 0.493 e. The van der Waals surface area contributed by atoms with Gasteiger partial charge in [0.25, 0.3) is 0 Å². The van der Waals surface area contributed by atoms with Crippen LogP contribution in [-0.2, 0) is 12.1 Å². The molecule has 2 heterocycles. The molecule has 0 aliphatic carbocycles. The number of halogens is 2. The number of aliphatic hydroxyl groups is 1. The summed E-state index contributed by atoms with van der Waals surface area (Å²) in [5.74, 6) is -1.50. The summed E-state index contributed by atoms with van der Waals surface area (Å²) >= 11 is 0. The van der Waals surface area contributed by atoms with Crippen LogP contribution < -0.4 is 4.74 Å². The van der Waals surface area contributed by atoms with Crippen LogP contribution in [0.2, 0.25) is 0 Å². The summed E-state index contributed by atoms with van der Waals surface area (Å²) in [6.07, 6.45) is 3.98. The maximum absolute atomic E-state index is 14.2. The minimum atomic E-state index is -1.28. The first-order valence-corrected chi connectivity index (χ1v) is 9.56. The summed E-state index contributed by atoms with van der Waals surface area (Å²) < 4.78 is 33.3. The van der Waals surface area contributed by atoms with Crippen molar-refractivity contribution in [2.24, 2.45) is 0 Å². The van der Waals surface area contributed by atoms with E-state index in [0.717, 1.165) is 31.9 Å². The van der Waals surface area contributed by atoms with E-state index in [1.54, 1.807) is 0 Å². The van der Waals surface area contributed by atoms with Crippen molar-refractivity contribution in [1.82, 2.24) is 4.90 Å². The van der Waals surface area contributed by atoms with Gasteiger partial charge in [-0.3, -0.25) is 4.90 Å². The fourth-order valence-corrected chi connectivity index (χ4v) is 4.91. The van der Waals surface area contributed by atoms with Crippen molar-refractivity contribution in [3.63, 3.8) is 0 Å². The van der Waals surface area contributed by atoms with Gasteiger partial charge in [0.05, 0.1) is 12.7 Å². The Kier molecular flexibility index (Phi) is 4.91. The van der Waals surface area contributed by atoms with Crippen molar-refractivity contribution in [3.05, 3.63) is 65.2 Å². The molecule has 0 spiro atoms. The molecule has 0 aromatic heterocycles. The fraction of sp³-hybridized carbons (Fsp3) is 0.455. The lowest BCUT2D eigenvalue weighted by Crippen LogP contribution is -2.56. The van der Waals surface area contributed by atoms with Gasteiger partial charge in [0.15, 0.2) is 11.6 Å². The Morgan fingerprint density at radius 3 is 2.41 bits per heavy atom. The number of fused-ring (bicyclic) bond motifs is 2. The molecule has 2 aromatic carbocycles. The van der Waals surface area contributed by atoms with Crippen LogP contribution in [0.3, 0.4) is 0 Å². The molecule has 2 aliphatic rings. The molecule has 2 saturated heterocycles. The molecular formula is C22H25F2NO2. The normalized spacial score (nSPS) is 28.1. The summed E-state index contributed by atoms with van der Waals surface area (Å²) in [6, 6.07) is 12.7. The first-order valence-electron chi connectivity index (χ1n) is 9.56. The van der Waals surface area contributed by atoms with Crippen LogP contribution in [0.25, 0.3) is 0 Å². The van der Waals surface area contributed by atoms with Crippen molar-refractivity contribution in [2.75, 3.05) is 7.11 Å². The third-order valence-corrected chi connectivity index (χ3v) is 6.08. The molecule has 0 radical (unpaired) electrons. The molecule has 27 heavy (non-hydrogen) atoms. The summed E-state index contributed by atoms with van der Waals surface area (Å²) in [5.41, 5.74) is 0.199. The Morgan fingerprint density at radius 1 is 1.11 bits per heavy atom. The number of nitrogens with zero attached hydrogens (tertiary/aromatic N) is 1. The van der Waals surface area contributed by atoms with E-state index < -0.39 is 17.2 Å². The summed E-state index contributed by atoms with van der Waals surface area (Å²) in [6.45, 7) is 0.834. The van der Waals surface area contributed by atoms with Gasteiger partial charge in [-0.15, -0.1) is 0 Å². The zero-order valence-corrected chi connectivity index (χ0v) is 15.5. The van der Waals surface area contributed by atoms with E-state index in [1.165, 1.54) is 18.7 Å². The number of methoxy groups -OCH3 is 1. The predicted octanol–water partition coefficient (Wildman–Crippen LogP) is 4.38. The van der Waals surface area contributed by atoms with Crippen molar-refractivity contribution in [1.29, 1.82) is 0 Å². The van der Waals surface area contributed by atoms with E-state index in [9.17, 15) is 13.9 Å². The van der Waals surface area contributed by atoms with Gasteiger partial charge in [0, 0.05) is 30.3 Å². The predicted molar refractivity (Wildman–Crippen MR) is 99.5 cm³/mol. The number of ether oxygens (including phenoxy) is 1. The molecular weight excluding hydrogens is 348 g/mol. The minimum absolute atomic E-state index is 0.0477. The first-order chi connectivity index (χ1) is 13.0. The van der Waals surface area contributed by atoms with Crippen LogP contribution in [-0.4, -0.2) is 29.2 Å². The SMILES string of the molecule is COc1c(F)cc(F)cc1C1(O)CC2CCCC(C1)N2Cc1ccccc1. The third-order valence-electron chi connectivity index (χ3n) is 6.08. The van der Waals surface area contributed by atoms with Gasteiger partial charge in [-0.05, 0) is 37.3 Å². The Hall–Kier alpha value is -1.98. The number of hydrogen-bond donors (Lipinski definition) is 1. The molecule has 2 atom stereocenters. The molecule has 4 rings (SSSR count). The van der Waals surface area contributed by atoms with Crippen LogP contribution in [0, 0.1) is 11.6 Å². The molecule has 2 fully saturated rings. The third kappa shape index (κ3) is 3.46. The van der Waals surface area contributed by atoms with Gasteiger partial charge >= 0.3 is 0 Å². The number of benzene rings is 2. The van der Waals surface area contributed by atoms with Gasteiger partial charge in [0.1, 0.15) is 5.82 Å². The zero-order chi connectivity index (χ0) is 19.0. The van der Waals surface area contributed by atoms with Gasteiger partial charge in [-0.25, -0.2) is 8.78 Å². The van der Waals surface area contributed by atoms with Crippen molar-refractivity contribution < 1.29 is 18.6 Å². The average molecular weight is 373 g/mol. The minimum Gasteiger partial charge on any atom is -0.493 e. The number of hydrogen-bond acceptors (Lipinski definition) is 3. The van der Waals surface area contributed by atoms with Crippen molar-refractivity contribution in [3.8, 4) is 5.75 Å². The molecule has 3 nitrogen and oxygen atoms in total. The van der Waals surface area contributed by atoms with E-state index in [0.29, 0.717) is 12.8 Å². The number of piperidine rings is 2. The van der Waals surface area contributed by atoms with Gasteiger partial charge in [-0.1, -0.05) is 36.8 Å². The van der Waals surface area contributed by atoms with Crippen LogP contribution in [0.1, 0.15) is 43.2 Å². The molecule has 1 N–H and O–H groups in total. The van der Waals surface area contributed by atoms with E-state index in [2.05, 4.69) is 17.0 Å². The van der Waals surface area contributed by atoms with Crippen molar-refractivity contribution in [2.45, 2.75) is 56.3 Å². The summed E-state index contributed by atoms with van der Waals surface area (Å²) in [7, 11) is 1.36. The van der Waals surface area contributed by atoms with Crippen LogP contribution in [0.5, 0.6) is 5.75 Å². The molecule has 2 unspecified atom stereocenters. The smallest absolute Gasteiger partial charge is 0.168 e. The Bertz CT molecular complexity index is 797. The quantitative estimate of drug-likeness (QED) is 0.863. The number of rotatable bonds is 4. The average Bonchev–Trinajstić information content (AvgIpc) is 2.63. The van der Waals surface area contributed by atoms with E-state index in [-0.39, 0.29) is 23.4 Å². The van der Waals surface area contributed by atoms with Gasteiger partial charge in [-0.2, -0.15) is 0 Å². The molecule has 0 saturated carbocycles. The lowest BCUT2D eigenvalue weighted by atomic mass is 9.72. The zero-order valence-electron chi connectivity index (χ0n) is 15.5. The molecule has 0 amide bonds. The second kappa shape index (κ2) is 7.21. The van der Waals surface area contributed by atoms with E-state index >= 15 is 0 Å². The summed E-state index contributed by atoms with van der Waals surface area (Å²) in [5, 5.41) is 11.5. The second-order valence-corrected chi connectivity index (χ2v) is 7.80. The Labute approximate surface area is 158 Å². The van der Waals surface area contributed by atoms with Crippen LogP contribution >= 0.6 is 0 Å². The second-order valence-electron chi connectivity index (χ2n) is 7.80. The topological polar surface area (TPSA) is 32.7 Å². The Morgan fingerprint density at radius 2 is 1.78 bits per heavy atom. The fourth-order valence-electron chi connectivity index (χ4n) is 4.91. The lowest BCUT2D eigenvalue weighted by Gasteiger charge is -2.52. The standard InChI is InChI=1S/C22H25F2NO2/c1-27-21-19(10-16(23)11-20(21)24)22(26)12-17-8-5-9-18(13-22)25(17)14-15-6-3-2-4-7-15/h2-4,6-7,10-11,17-18,26H,5,8-9,12-14H2,1H3. The maximum Gasteiger partial charge on any atom is 0.168 e. The molecule has 5 heteroatoms. The van der Waals surface area contributed by atoms with Gasteiger partial charge in [0.2, 0.25) is 0 Å². The van der Waals surface area contributed by atoms with Crippen LogP contribution in [0.15, 0.2) is 42.5 Å². The lowest BCUT2D eigenvalue weighted by molar-refractivity contribution is -0.101.